The van der Waals surface area contributed by atoms with Crippen LogP contribution in [0.25, 0.3) is 11.3 Å². The molecule has 1 aliphatic rings. The van der Waals surface area contributed by atoms with Gasteiger partial charge in [-0.1, -0.05) is 6.07 Å². The first kappa shape index (κ1) is 19.8. The monoisotopic (exact) mass is 403 g/mol. The largest absolute Gasteiger partial charge is 0.484 e. The molecule has 0 N–H and O–H groups in total. The lowest BCUT2D eigenvalue weighted by Crippen LogP contribution is -2.50. The molecule has 0 radical (unpaired) electrons. The van der Waals surface area contributed by atoms with Crippen LogP contribution in [0.15, 0.2) is 54.9 Å². The van der Waals surface area contributed by atoms with Gasteiger partial charge in [0.1, 0.15) is 5.75 Å². The lowest BCUT2D eigenvalue weighted by atomic mass is 10.1. The first-order chi connectivity index (χ1) is 14.6. The van der Waals surface area contributed by atoms with Gasteiger partial charge in [-0.2, -0.15) is 0 Å². The Morgan fingerprint density at radius 2 is 1.83 bits per heavy atom. The number of aryl methyl sites for hydroxylation is 2. The van der Waals surface area contributed by atoms with E-state index in [4.69, 9.17) is 4.74 Å². The molecule has 0 bridgehead atoms. The Bertz CT molecular complexity index is 1000. The molecule has 7 nitrogen and oxygen atoms in total. The van der Waals surface area contributed by atoms with Crippen molar-refractivity contribution in [1.82, 2.24) is 20.1 Å². The topological polar surface area (TPSA) is 71.5 Å². The molecule has 154 valence electrons. The predicted octanol–water partition coefficient (Wildman–Crippen LogP) is 2.88. The number of ether oxygens (including phenoxy) is 1. The fraction of sp³-hybridized carbons (Fsp3) is 0.304. The van der Waals surface area contributed by atoms with Gasteiger partial charge in [-0.25, -0.2) is 0 Å². The molecule has 0 aliphatic carbocycles. The van der Waals surface area contributed by atoms with Crippen LogP contribution in [0.3, 0.4) is 0 Å². The molecule has 0 atom stereocenters. The fourth-order valence-electron chi connectivity index (χ4n) is 3.39. The van der Waals surface area contributed by atoms with Gasteiger partial charge < -0.3 is 14.5 Å². The van der Waals surface area contributed by atoms with Crippen LogP contribution in [0.1, 0.15) is 11.1 Å². The van der Waals surface area contributed by atoms with Crippen molar-refractivity contribution in [3.8, 4) is 17.0 Å². The summed E-state index contributed by atoms with van der Waals surface area (Å²) in [5.74, 6) is 1.56. The molecule has 0 spiro atoms. The Balaban J connectivity index is 1.29. The van der Waals surface area contributed by atoms with Crippen molar-refractivity contribution in [2.45, 2.75) is 13.8 Å². The second-order valence-corrected chi connectivity index (χ2v) is 7.42. The first-order valence-electron chi connectivity index (χ1n) is 10.1. The average molecular weight is 403 g/mol. The summed E-state index contributed by atoms with van der Waals surface area (Å²) in [6, 6.07) is 13.6. The number of benzene rings is 1. The third-order valence-corrected chi connectivity index (χ3v) is 5.40. The molecular weight excluding hydrogens is 378 g/mol. The molecule has 3 aromatic rings. The zero-order valence-corrected chi connectivity index (χ0v) is 17.3. The normalized spacial score (nSPS) is 13.9. The van der Waals surface area contributed by atoms with E-state index >= 15 is 0 Å². The van der Waals surface area contributed by atoms with E-state index < -0.39 is 0 Å². The molecule has 4 rings (SSSR count). The summed E-state index contributed by atoms with van der Waals surface area (Å²) < 4.78 is 5.69. The molecule has 0 saturated carbocycles. The van der Waals surface area contributed by atoms with Crippen molar-refractivity contribution in [2.75, 3.05) is 37.7 Å². The van der Waals surface area contributed by atoms with E-state index in [1.165, 1.54) is 5.56 Å². The van der Waals surface area contributed by atoms with Crippen molar-refractivity contribution in [1.29, 1.82) is 0 Å². The van der Waals surface area contributed by atoms with Gasteiger partial charge in [0.15, 0.2) is 12.4 Å². The van der Waals surface area contributed by atoms with Gasteiger partial charge in [0, 0.05) is 44.1 Å². The van der Waals surface area contributed by atoms with Crippen LogP contribution in [0.4, 0.5) is 5.82 Å². The standard InChI is InChI=1S/C23H25N5O2/c1-17-5-6-20(14-18(17)2)30-16-23(29)28-12-10-27(11-13-28)22-8-7-21(25-26-22)19-4-3-9-24-15-19/h3-9,14-15H,10-13,16H2,1-2H3. The van der Waals surface area contributed by atoms with Crippen LogP contribution in [0, 0.1) is 13.8 Å². The van der Waals surface area contributed by atoms with Crippen LogP contribution in [0.5, 0.6) is 5.75 Å². The van der Waals surface area contributed by atoms with E-state index in [-0.39, 0.29) is 12.5 Å². The van der Waals surface area contributed by atoms with Gasteiger partial charge in [-0.15, -0.1) is 10.2 Å². The summed E-state index contributed by atoms with van der Waals surface area (Å²) in [4.78, 5) is 20.6. The SMILES string of the molecule is Cc1ccc(OCC(=O)N2CCN(c3ccc(-c4cccnc4)nn3)CC2)cc1C. The molecule has 2 aromatic heterocycles. The quantitative estimate of drug-likeness (QED) is 0.652. The van der Waals surface area contributed by atoms with Gasteiger partial charge in [0.05, 0.1) is 5.69 Å². The highest BCUT2D eigenvalue weighted by atomic mass is 16.5. The number of aromatic nitrogens is 3. The predicted molar refractivity (Wildman–Crippen MR) is 115 cm³/mol. The van der Waals surface area contributed by atoms with Crippen molar-refractivity contribution < 1.29 is 9.53 Å². The van der Waals surface area contributed by atoms with Crippen LogP contribution >= 0.6 is 0 Å². The Morgan fingerprint density at radius 1 is 1.00 bits per heavy atom. The second-order valence-electron chi connectivity index (χ2n) is 7.42. The molecule has 0 unspecified atom stereocenters. The summed E-state index contributed by atoms with van der Waals surface area (Å²) in [7, 11) is 0. The molecule has 1 aliphatic heterocycles. The van der Waals surface area contributed by atoms with Gasteiger partial charge in [-0.3, -0.25) is 9.78 Å². The van der Waals surface area contributed by atoms with Gasteiger partial charge in [0.2, 0.25) is 0 Å². The van der Waals surface area contributed by atoms with Crippen LogP contribution in [-0.4, -0.2) is 58.8 Å². The summed E-state index contributed by atoms with van der Waals surface area (Å²) in [5, 5.41) is 8.68. The number of anilines is 1. The van der Waals surface area contributed by atoms with Crippen LogP contribution in [0.2, 0.25) is 0 Å². The number of nitrogens with zero attached hydrogens (tertiary/aromatic N) is 5. The minimum absolute atomic E-state index is 0.00545. The number of hydrogen-bond donors (Lipinski definition) is 0. The van der Waals surface area contributed by atoms with E-state index in [1.54, 1.807) is 12.4 Å². The van der Waals surface area contributed by atoms with Crippen molar-refractivity contribution >= 4 is 11.7 Å². The first-order valence-corrected chi connectivity index (χ1v) is 10.1. The van der Waals surface area contributed by atoms with Crippen molar-refractivity contribution in [3.63, 3.8) is 0 Å². The average Bonchev–Trinajstić information content (AvgIpc) is 2.80. The Kier molecular flexibility index (Phi) is 5.88. The molecule has 30 heavy (non-hydrogen) atoms. The molecule has 7 heteroatoms. The number of hydrogen-bond acceptors (Lipinski definition) is 6. The summed E-state index contributed by atoms with van der Waals surface area (Å²) >= 11 is 0. The van der Waals surface area contributed by atoms with Gasteiger partial charge in [0.25, 0.3) is 5.91 Å². The zero-order valence-electron chi connectivity index (χ0n) is 17.3. The lowest BCUT2D eigenvalue weighted by Gasteiger charge is -2.35. The Hall–Kier alpha value is -3.48. The van der Waals surface area contributed by atoms with Crippen molar-refractivity contribution in [2.24, 2.45) is 0 Å². The molecule has 1 fully saturated rings. The highest BCUT2D eigenvalue weighted by Crippen LogP contribution is 2.19. The minimum Gasteiger partial charge on any atom is -0.484 e. The van der Waals surface area contributed by atoms with Crippen molar-refractivity contribution in [3.05, 3.63) is 66.0 Å². The van der Waals surface area contributed by atoms with E-state index in [9.17, 15) is 4.79 Å². The van der Waals surface area contributed by atoms with Crippen LogP contribution in [-0.2, 0) is 4.79 Å². The zero-order chi connectivity index (χ0) is 20.9. The summed E-state index contributed by atoms with van der Waals surface area (Å²) in [6.07, 6.45) is 3.51. The minimum atomic E-state index is 0.00545. The Morgan fingerprint density at radius 3 is 2.50 bits per heavy atom. The third kappa shape index (κ3) is 4.56. The molecule has 3 heterocycles. The van der Waals surface area contributed by atoms with Gasteiger partial charge >= 0.3 is 0 Å². The fourth-order valence-corrected chi connectivity index (χ4v) is 3.39. The second kappa shape index (κ2) is 8.90. The molecule has 1 amide bonds. The van der Waals surface area contributed by atoms with E-state index in [0.717, 1.165) is 41.5 Å². The van der Waals surface area contributed by atoms with E-state index in [1.807, 2.05) is 54.3 Å². The van der Waals surface area contributed by atoms with E-state index in [2.05, 4.69) is 27.0 Å². The lowest BCUT2D eigenvalue weighted by molar-refractivity contribution is -0.133. The smallest absolute Gasteiger partial charge is 0.260 e. The highest BCUT2D eigenvalue weighted by molar-refractivity contribution is 5.78. The maximum Gasteiger partial charge on any atom is 0.260 e. The Labute approximate surface area is 176 Å². The number of piperazine rings is 1. The number of pyridine rings is 1. The summed E-state index contributed by atoms with van der Waals surface area (Å²) in [6.45, 7) is 6.87. The number of amides is 1. The van der Waals surface area contributed by atoms with E-state index in [0.29, 0.717) is 13.1 Å². The maximum atomic E-state index is 12.5. The maximum absolute atomic E-state index is 12.5. The highest BCUT2D eigenvalue weighted by Gasteiger charge is 2.22. The van der Waals surface area contributed by atoms with Crippen LogP contribution < -0.4 is 9.64 Å². The van der Waals surface area contributed by atoms with Gasteiger partial charge in [-0.05, 0) is 61.4 Å². The third-order valence-electron chi connectivity index (χ3n) is 5.40. The summed E-state index contributed by atoms with van der Waals surface area (Å²) in [5.41, 5.74) is 4.10. The number of carbonyl (C=O) groups excluding carboxylic acids is 1. The number of carbonyl (C=O) groups is 1. The molecular formula is C23H25N5O2. The molecule has 1 saturated heterocycles. The number of rotatable bonds is 5. The molecule has 1 aromatic carbocycles.